The first-order chi connectivity index (χ1) is 8.99. The van der Waals surface area contributed by atoms with Gasteiger partial charge in [0.25, 0.3) is 0 Å². The summed E-state index contributed by atoms with van der Waals surface area (Å²) < 4.78 is 40.0. The second kappa shape index (κ2) is 5.85. The van der Waals surface area contributed by atoms with E-state index in [2.05, 4.69) is 0 Å². The van der Waals surface area contributed by atoms with E-state index in [1.807, 2.05) is 0 Å². The maximum absolute atomic E-state index is 13.6. The number of alkyl halides is 1. The molecule has 0 heterocycles. The van der Waals surface area contributed by atoms with Crippen molar-refractivity contribution in [3.05, 3.63) is 70.0 Å². The summed E-state index contributed by atoms with van der Waals surface area (Å²) in [4.78, 5) is 0. The van der Waals surface area contributed by atoms with E-state index in [0.717, 1.165) is 0 Å². The van der Waals surface area contributed by atoms with Crippen LogP contribution in [0.5, 0.6) is 0 Å². The van der Waals surface area contributed by atoms with Gasteiger partial charge in [-0.25, -0.2) is 13.2 Å². The van der Waals surface area contributed by atoms with E-state index < -0.39 is 22.8 Å². The van der Waals surface area contributed by atoms with Crippen LogP contribution in [0, 0.1) is 17.5 Å². The molecule has 0 nitrogen and oxygen atoms in total. The van der Waals surface area contributed by atoms with Gasteiger partial charge in [0.05, 0.1) is 5.38 Å². The summed E-state index contributed by atoms with van der Waals surface area (Å²) in [5.41, 5.74) is 0.329. The van der Waals surface area contributed by atoms with E-state index in [9.17, 15) is 13.2 Å². The summed E-state index contributed by atoms with van der Waals surface area (Å²) in [6, 6.07) is 8.10. The van der Waals surface area contributed by atoms with Crippen LogP contribution < -0.4 is 0 Å². The van der Waals surface area contributed by atoms with Gasteiger partial charge in [0.1, 0.15) is 17.5 Å². The molecule has 0 amide bonds. The van der Waals surface area contributed by atoms with Crippen LogP contribution in [0.3, 0.4) is 0 Å². The first-order valence-electron chi connectivity index (χ1n) is 5.51. The molecule has 2 aromatic rings. The van der Waals surface area contributed by atoms with Crippen molar-refractivity contribution in [1.29, 1.82) is 0 Å². The zero-order valence-corrected chi connectivity index (χ0v) is 11.2. The Labute approximate surface area is 118 Å². The molecule has 0 aromatic heterocycles. The SMILES string of the molecule is Fc1cc(F)c(C(Cl)Cc2ccccc2Cl)c(F)c1. The van der Waals surface area contributed by atoms with Crippen LogP contribution in [0.25, 0.3) is 0 Å². The maximum Gasteiger partial charge on any atom is 0.133 e. The largest absolute Gasteiger partial charge is 0.207 e. The molecule has 0 radical (unpaired) electrons. The summed E-state index contributed by atoms with van der Waals surface area (Å²) in [7, 11) is 0. The van der Waals surface area contributed by atoms with Crippen molar-refractivity contribution in [2.45, 2.75) is 11.8 Å². The van der Waals surface area contributed by atoms with Crippen LogP contribution in [-0.4, -0.2) is 0 Å². The van der Waals surface area contributed by atoms with Gasteiger partial charge in [-0.05, 0) is 18.1 Å². The third-order valence-electron chi connectivity index (χ3n) is 2.71. The predicted octanol–water partition coefficient (Wildman–Crippen LogP) is 5.28. The van der Waals surface area contributed by atoms with Gasteiger partial charge in [-0.2, -0.15) is 0 Å². The van der Waals surface area contributed by atoms with Crippen LogP contribution in [0.1, 0.15) is 16.5 Å². The van der Waals surface area contributed by atoms with Crippen LogP contribution in [0.2, 0.25) is 5.02 Å². The Kier molecular flexibility index (Phi) is 4.38. The third kappa shape index (κ3) is 3.23. The lowest BCUT2D eigenvalue weighted by atomic mass is 10.0. The summed E-state index contributed by atoms with van der Waals surface area (Å²) in [5.74, 6) is -2.96. The molecule has 0 saturated carbocycles. The molecular weight excluding hydrogens is 296 g/mol. The lowest BCUT2D eigenvalue weighted by molar-refractivity contribution is 0.520. The van der Waals surface area contributed by atoms with Crippen molar-refractivity contribution < 1.29 is 13.2 Å². The van der Waals surface area contributed by atoms with Gasteiger partial charge in [0.2, 0.25) is 0 Å². The minimum Gasteiger partial charge on any atom is -0.207 e. The second-order valence-corrected chi connectivity index (χ2v) is 4.98. The number of hydrogen-bond acceptors (Lipinski definition) is 0. The van der Waals surface area contributed by atoms with Gasteiger partial charge in [-0.15, -0.1) is 11.6 Å². The van der Waals surface area contributed by atoms with Gasteiger partial charge in [0.15, 0.2) is 0 Å². The summed E-state index contributed by atoms with van der Waals surface area (Å²) in [6.45, 7) is 0. The molecule has 0 N–H and O–H groups in total. The molecule has 0 bridgehead atoms. The standard InChI is InChI=1S/C14H9Cl2F3/c15-10-4-2-1-3-8(10)5-11(16)14-12(18)6-9(17)7-13(14)19/h1-4,6-7,11H,5H2. The van der Waals surface area contributed by atoms with Crippen molar-refractivity contribution in [2.75, 3.05) is 0 Å². The van der Waals surface area contributed by atoms with E-state index in [0.29, 0.717) is 22.7 Å². The van der Waals surface area contributed by atoms with Crippen molar-refractivity contribution in [3.63, 3.8) is 0 Å². The zero-order chi connectivity index (χ0) is 14.0. The third-order valence-corrected chi connectivity index (χ3v) is 3.46. The first kappa shape index (κ1) is 14.2. The Balaban J connectivity index is 2.31. The van der Waals surface area contributed by atoms with Gasteiger partial charge in [0, 0.05) is 22.7 Å². The quantitative estimate of drug-likeness (QED) is 0.677. The van der Waals surface area contributed by atoms with Crippen molar-refractivity contribution >= 4 is 23.2 Å². The van der Waals surface area contributed by atoms with E-state index in [-0.39, 0.29) is 12.0 Å². The molecule has 2 aromatic carbocycles. The lowest BCUT2D eigenvalue weighted by Crippen LogP contribution is -2.04. The Morgan fingerprint density at radius 2 is 1.58 bits per heavy atom. The molecule has 0 aliphatic carbocycles. The van der Waals surface area contributed by atoms with Crippen molar-refractivity contribution in [1.82, 2.24) is 0 Å². The average Bonchev–Trinajstić information content (AvgIpc) is 2.30. The molecule has 100 valence electrons. The summed E-state index contributed by atoms with van der Waals surface area (Å²) >= 11 is 12.0. The molecule has 19 heavy (non-hydrogen) atoms. The molecule has 0 aliphatic rings. The second-order valence-electron chi connectivity index (χ2n) is 4.05. The topological polar surface area (TPSA) is 0 Å². The van der Waals surface area contributed by atoms with E-state index >= 15 is 0 Å². The fraction of sp³-hybridized carbons (Fsp3) is 0.143. The maximum atomic E-state index is 13.6. The lowest BCUT2D eigenvalue weighted by Gasteiger charge is -2.13. The summed E-state index contributed by atoms with van der Waals surface area (Å²) in [6.07, 6.45) is 0.153. The van der Waals surface area contributed by atoms with Crippen molar-refractivity contribution in [2.24, 2.45) is 0 Å². The Bertz CT molecular complexity index is 576. The Morgan fingerprint density at radius 1 is 1.00 bits per heavy atom. The fourth-order valence-electron chi connectivity index (χ4n) is 1.81. The van der Waals surface area contributed by atoms with Crippen LogP contribution >= 0.6 is 23.2 Å². The van der Waals surface area contributed by atoms with Crippen LogP contribution in [-0.2, 0) is 6.42 Å². The monoisotopic (exact) mass is 304 g/mol. The molecule has 0 aliphatic heterocycles. The van der Waals surface area contributed by atoms with E-state index in [1.165, 1.54) is 0 Å². The number of hydrogen-bond donors (Lipinski definition) is 0. The normalized spacial score (nSPS) is 12.5. The van der Waals surface area contributed by atoms with Crippen LogP contribution in [0.4, 0.5) is 13.2 Å². The fourth-order valence-corrected chi connectivity index (χ4v) is 2.40. The van der Waals surface area contributed by atoms with E-state index in [4.69, 9.17) is 23.2 Å². The minimum absolute atomic E-state index is 0.153. The molecule has 1 atom stereocenters. The van der Waals surface area contributed by atoms with Gasteiger partial charge < -0.3 is 0 Å². The molecular formula is C14H9Cl2F3. The predicted molar refractivity (Wildman–Crippen MR) is 70.1 cm³/mol. The Hall–Kier alpha value is -1.19. The average molecular weight is 305 g/mol. The first-order valence-corrected chi connectivity index (χ1v) is 6.32. The van der Waals surface area contributed by atoms with Crippen LogP contribution in [0.15, 0.2) is 36.4 Å². The molecule has 0 saturated heterocycles. The Morgan fingerprint density at radius 3 is 2.16 bits per heavy atom. The van der Waals surface area contributed by atoms with Gasteiger partial charge in [-0.1, -0.05) is 29.8 Å². The molecule has 5 heteroatoms. The number of halogens is 5. The van der Waals surface area contributed by atoms with Gasteiger partial charge in [-0.3, -0.25) is 0 Å². The molecule has 1 unspecified atom stereocenters. The highest BCUT2D eigenvalue weighted by Crippen LogP contribution is 2.31. The van der Waals surface area contributed by atoms with Gasteiger partial charge >= 0.3 is 0 Å². The molecule has 0 fully saturated rings. The highest BCUT2D eigenvalue weighted by atomic mass is 35.5. The minimum atomic E-state index is -0.996. The summed E-state index contributed by atoms with van der Waals surface area (Å²) in [5, 5.41) is -0.489. The molecule has 0 spiro atoms. The highest BCUT2D eigenvalue weighted by molar-refractivity contribution is 6.31. The highest BCUT2D eigenvalue weighted by Gasteiger charge is 2.20. The number of rotatable bonds is 3. The number of benzene rings is 2. The zero-order valence-electron chi connectivity index (χ0n) is 9.64. The van der Waals surface area contributed by atoms with E-state index in [1.54, 1.807) is 24.3 Å². The van der Waals surface area contributed by atoms with Crippen molar-refractivity contribution in [3.8, 4) is 0 Å². The molecule has 2 rings (SSSR count). The smallest absolute Gasteiger partial charge is 0.133 e.